The maximum atomic E-state index is 12.0. The van der Waals surface area contributed by atoms with Gasteiger partial charge < -0.3 is 15.2 Å². The molecule has 1 unspecified atom stereocenters. The summed E-state index contributed by atoms with van der Waals surface area (Å²) in [6, 6.07) is 10.5. The van der Waals surface area contributed by atoms with Crippen LogP contribution in [0.3, 0.4) is 0 Å². The molecule has 0 aliphatic rings. The third-order valence-corrected chi connectivity index (χ3v) is 3.06. The van der Waals surface area contributed by atoms with Crippen molar-refractivity contribution in [2.45, 2.75) is 12.2 Å². The molecule has 0 saturated carbocycles. The first-order valence-electron chi connectivity index (χ1n) is 6.37. The van der Waals surface area contributed by atoms with Gasteiger partial charge in [0.1, 0.15) is 12.4 Å². The molecule has 2 N–H and O–H groups in total. The predicted octanol–water partition coefficient (Wildman–Crippen LogP) is 3.43. The Kier molecular flexibility index (Phi) is 4.69. The lowest BCUT2D eigenvalue weighted by molar-refractivity contribution is -0.174. The molecular weight excluding hydrogens is 283 g/mol. The molecule has 0 spiro atoms. The molecule has 0 saturated heterocycles. The average Bonchev–Trinajstić information content (AvgIpc) is 2.44. The molecular formula is C15H16F3NO2. The van der Waals surface area contributed by atoms with Crippen LogP contribution in [0.25, 0.3) is 10.8 Å². The molecule has 2 aromatic carbocycles. The number of alkyl halides is 3. The SMILES string of the molecule is COc1ccc2cc(C(N)COCC(F)(F)F)ccc2c1. The van der Waals surface area contributed by atoms with Crippen molar-refractivity contribution in [3.05, 3.63) is 42.0 Å². The molecule has 2 rings (SSSR count). The van der Waals surface area contributed by atoms with E-state index in [0.29, 0.717) is 0 Å². The van der Waals surface area contributed by atoms with E-state index < -0.39 is 18.8 Å². The molecule has 0 aliphatic carbocycles. The molecule has 0 heterocycles. The summed E-state index contributed by atoms with van der Waals surface area (Å²) in [5.74, 6) is 0.744. The summed E-state index contributed by atoms with van der Waals surface area (Å²) in [6.45, 7) is -1.47. The van der Waals surface area contributed by atoms with Crippen molar-refractivity contribution < 1.29 is 22.6 Å². The largest absolute Gasteiger partial charge is 0.497 e. The van der Waals surface area contributed by atoms with E-state index in [9.17, 15) is 13.2 Å². The Morgan fingerprint density at radius 2 is 1.76 bits per heavy atom. The van der Waals surface area contributed by atoms with Gasteiger partial charge in [-0.05, 0) is 34.5 Å². The van der Waals surface area contributed by atoms with Gasteiger partial charge in [-0.3, -0.25) is 0 Å². The van der Waals surface area contributed by atoms with Crippen LogP contribution in [0, 0.1) is 0 Å². The van der Waals surface area contributed by atoms with Crippen LogP contribution in [0.5, 0.6) is 5.75 Å². The van der Waals surface area contributed by atoms with Crippen LogP contribution in [0.4, 0.5) is 13.2 Å². The minimum Gasteiger partial charge on any atom is -0.497 e. The van der Waals surface area contributed by atoms with E-state index in [2.05, 4.69) is 4.74 Å². The van der Waals surface area contributed by atoms with E-state index >= 15 is 0 Å². The standard InChI is InChI=1S/C15H16F3NO2/c1-20-13-5-4-10-6-12(3-2-11(10)7-13)14(19)8-21-9-15(16,17)18/h2-7,14H,8-9,19H2,1H3. The van der Waals surface area contributed by atoms with Crippen LogP contribution in [0.15, 0.2) is 36.4 Å². The first-order chi connectivity index (χ1) is 9.89. The fourth-order valence-electron chi connectivity index (χ4n) is 2.00. The number of halogens is 3. The van der Waals surface area contributed by atoms with Gasteiger partial charge in [-0.1, -0.05) is 18.2 Å². The van der Waals surface area contributed by atoms with Gasteiger partial charge >= 0.3 is 6.18 Å². The summed E-state index contributed by atoms with van der Waals surface area (Å²) in [5.41, 5.74) is 6.59. The van der Waals surface area contributed by atoms with Crippen LogP contribution in [0.1, 0.15) is 11.6 Å². The smallest absolute Gasteiger partial charge is 0.411 e. The molecule has 6 heteroatoms. The molecule has 0 aliphatic heterocycles. The zero-order valence-electron chi connectivity index (χ0n) is 11.5. The second-order valence-corrected chi connectivity index (χ2v) is 4.71. The molecule has 2 aromatic rings. The highest BCUT2D eigenvalue weighted by Crippen LogP contribution is 2.24. The zero-order chi connectivity index (χ0) is 15.5. The number of hydrogen-bond acceptors (Lipinski definition) is 3. The first-order valence-corrected chi connectivity index (χ1v) is 6.37. The van der Waals surface area contributed by atoms with Crippen molar-refractivity contribution in [1.82, 2.24) is 0 Å². The second-order valence-electron chi connectivity index (χ2n) is 4.71. The van der Waals surface area contributed by atoms with E-state index in [1.165, 1.54) is 0 Å². The van der Waals surface area contributed by atoms with Gasteiger partial charge in [-0.2, -0.15) is 13.2 Å². The van der Waals surface area contributed by atoms with Crippen LogP contribution in [-0.4, -0.2) is 26.5 Å². The molecule has 114 valence electrons. The third-order valence-electron chi connectivity index (χ3n) is 3.06. The van der Waals surface area contributed by atoms with E-state index in [1.807, 2.05) is 30.3 Å². The number of fused-ring (bicyclic) bond motifs is 1. The van der Waals surface area contributed by atoms with Gasteiger partial charge in [0.2, 0.25) is 0 Å². The first kappa shape index (κ1) is 15.6. The molecule has 0 aromatic heterocycles. The van der Waals surface area contributed by atoms with Crippen LogP contribution >= 0.6 is 0 Å². The topological polar surface area (TPSA) is 44.5 Å². The quantitative estimate of drug-likeness (QED) is 0.920. The molecule has 21 heavy (non-hydrogen) atoms. The van der Waals surface area contributed by atoms with Gasteiger partial charge in [0.25, 0.3) is 0 Å². The highest BCUT2D eigenvalue weighted by atomic mass is 19.4. The molecule has 3 nitrogen and oxygen atoms in total. The minimum atomic E-state index is -4.33. The summed E-state index contributed by atoms with van der Waals surface area (Å²) in [4.78, 5) is 0. The van der Waals surface area contributed by atoms with E-state index in [0.717, 1.165) is 22.1 Å². The van der Waals surface area contributed by atoms with Gasteiger partial charge in [0.15, 0.2) is 0 Å². The van der Waals surface area contributed by atoms with Crippen molar-refractivity contribution in [2.75, 3.05) is 20.3 Å². The van der Waals surface area contributed by atoms with Crippen LogP contribution in [-0.2, 0) is 4.74 Å². The second kappa shape index (κ2) is 6.32. The number of ether oxygens (including phenoxy) is 2. The highest BCUT2D eigenvalue weighted by Gasteiger charge is 2.27. The number of hydrogen-bond donors (Lipinski definition) is 1. The Morgan fingerprint density at radius 3 is 2.43 bits per heavy atom. The Morgan fingerprint density at radius 1 is 1.10 bits per heavy atom. The lowest BCUT2D eigenvalue weighted by Crippen LogP contribution is -2.23. The summed E-state index contributed by atoms with van der Waals surface area (Å²) < 4.78 is 45.8. The zero-order valence-corrected chi connectivity index (χ0v) is 11.5. The Hall–Kier alpha value is -1.79. The maximum Gasteiger partial charge on any atom is 0.411 e. The lowest BCUT2D eigenvalue weighted by atomic mass is 10.0. The molecule has 0 amide bonds. The number of rotatable bonds is 5. The third kappa shape index (κ3) is 4.34. The van der Waals surface area contributed by atoms with Crippen molar-refractivity contribution in [2.24, 2.45) is 5.73 Å². The summed E-state index contributed by atoms with van der Waals surface area (Å²) in [7, 11) is 1.59. The number of methoxy groups -OCH3 is 1. The Balaban J connectivity index is 2.08. The summed E-state index contributed by atoms with van der Waals surface area (Å²) >= 11 is 0. The van der Waals surface area contributed by atoms with E-state index in [-0.39, 0.29) is 6.61 Å². The van der Waals surface area contributed by atoms with Gasteiger partial charge in [-0.15, -0.1) is 0 Å². The molecule has 0 bridgehead atoms. The molecule has 0 fully saturated rings. The van der Waals surface area contributed by atoms with E-state index in [4.69, 9.17) is 10.5 Å². The maximum absolute atomic E-state index is 12.0. The lowest BCUT2D eigenvalue weighted by Gasteiger charge is -2.14. The highest BCUT2D eigenvalue weighted by molar-refractivity contribution is 5.84. The number of benzene rings is 2. The monoisotopic (exact) mass is 299 g/mol. The van der Waals surface area contributed by atoms with E-state index in [1.54, 1.807) is 13.2 Å². The van der Waals surface area contributed by atoms with Gasteiger partial charge in [0.05, 0.1) is 19.8 Å². The molecule has 0 radical (unpaired) electrons. The minimum absolute atomic E-state index is 0.179. The average molecular weight is 299 g/mol. The summed E-state index contributed by atoms with van der Waals surface area (Å²) in [5, 5.41) is 1.92. The van der Waals surface area contributed by atoms with Crippen LogP contribution < -0.4 is 10.5 Å². The predicted molar refractivity (Wildman–Crippen MR) is 74.3 cm³/mol. The van der Waals surface area contributed by atoms with Crippen molar-refractivity contribution in [3.63, 3.8) is 0 Å². The van der Waals surface area contributed by atoms with Crippen molar-refractivity contribution in [1.29, 1.82) is 0 Å². The number of nitrogens with two attached hydrogens (primary N) is 1. The Labute approximate surface area is 120 Å². The molecule has 1 atom stereocenters. The van der Waals surface area contributed by atoms with Gasteiger partial charge in [-0.25, -0.2) is 0 Å². The normalized spacial score (nSPS) is 13.4. The van der Waals surface area contributed by atoms with Crippen molar-refractivity contribution >= 4 is 10.8 Å². The van der Waals surface area contributed by atoms with Crippen molar-refractivity contribution in [3.8, 4) is 5.75 Å². The summed E-state index contributed by atoms with van der Waals surface area (Å²) in [6.07, 6.45) is -4.33. The fourth-order valence-corrected chi connectivity index (χ4v) is 2.00. The van der Waals surface area contributed by atoms with Gasteiger partial charge in [0, 0.05) is 0 Å². The fraction of sp³-hybridized carbons (Fsp3) is 0.333. The Bertz CT molecular complexity index is 613. The van der Waals surface area contributed by atoms with Crippen LogP contribution in [0.2, 0.25) is 0 Å².